The number of nitriles is 1. The molecule has 0 bridgehead atoms. The predicted molar refractivity (Wildman–Crippen MR) is 120 cm³/mol. The zero-order chi connectivity index (χ0) is 20.6. The molecule has 0 aliphatic carbocycles. The summed E-state index contributed by atoms with van der Waals surface area (Å²) >= 11 is 0. The molecule has 1 spiro atoms. The van der Waals surface area contributed by atoms with E-state index in [0.717, 1.165) is 48.9 Å². The maximum Gasteiger partial charge on any atom is 0.151 e. The summed E-state index contributed by atoms with van der Waals surface area (Å²) in [6, 6.07) is 20.7. The predicted octanol–water partition coefficient (Wildman–Crippen LogP) is 4.30. The van der Waals surface area contributed by atoms with Crippen LogP contribution in [0.25, 0.3) is 16.9 Å². The Labute approximate surface area is 177 Å². The first-order chi connectivity index (χ1) is 14.7. The Hall–Kier alpha value is -3.10. The van der Waals surface area contributed by atoms with Crippen LogP contribution < -0.4 is 10.2 Å². The Morgan fingerprint density at radius 1 is 1.07 bits per heavy atom. The lowest BCUT2D eigenvalue weighted by molar-refractivity contribution is 0.239. The number of aromatic nitrogens is 2. The van der Waals surface area contributed by atoms with Gasteiger partial charge in [0.15, 0.2) is 5.82 Å². The molecule has 30 heavy (non-hydrogen) atoms. The van der Waals surface area contributed by atoms with E-state index in [-0.39, 0.29) is 0 Å². The highest BCUT2D eigenvalue weighted by molar-refractivity contribution is 5.67. The minimum absolute atomic E-state index is 0.389. The van der Waals surface area contributed by atoms with Gasteiger partial charge in [-0.25, -0.2) is 4.68 Å². The zero-order valence-electron chi connectivity index (χ0n) is 17.4. The number of rotatable bonds is 3. The van der Waals surface area contributed by atoms with Crippen molar-refractivity contribution in [1.29, 1.82) is 5.26 Å². The highest BCUT2D eigenvalue weighted by Crippen LogP contribution is 2.39. The average Bonchev–Trinajstić information content (AvgIpc) is 3.40. The lowest BCUT2D eigenvalue weighted by Gasteiger charge is -2.33. The molecule has 152 valence electrons. The second-order valence-electron chi connectivity index (χ2n) is 8.78. The first kappa shape index (κ1) is 18.9. The Kier molecular flexibility index (Phi) is 4.80. The molecule has 1 atom stereocenters. The first-order valence-electron chi connectivity index (χ1n) is 10.8. The summed E-state index contributed by atoms with van der Waals surface area (Å²) in [7, 11) is 0. The third-order valence-electron chi connectivity index (χ3n) is 6.61. The first-order valence-corrected chi connectivity index (χ1v) is 10.8. The van der Waals surface area contributed by atoms with Crippen LogP contribution >= 0.6 is 0 Å². The van der Waals surface area contributed by atoms with Crippen LogP contribution in [0.15, 0.2) is 54.6 Å². The van der Waals surface area contributed by atoms with Gasteiger partial charge in [-0.1, -0.05) is 29.8 Å². The van der Waals surface area contributed by atoms with Crippen LogP contribution in [0.2, 0.25) is 0 Å². The second kappa shape index (κ2) is 7.62. The monoisotopic (exact) mass is 397 g/mol. The topological polar surface area (TPSA) is 56.9 Å². The van der Waals surface area contributed by atoms with E-state index in [9.17, 15) is 0 Å². The fourth-order valence-corrected chi connectivity index (χ4v) is 4.84. The van der Waals surface area contributed by atoms with Crippen LogP contribution in [-0.4, -0.2) is 36.0 Å². The molecule has 5 heteroatoms. The molecule has 1 unspecified atom stereocenters. The van der Waals surface area contributed by atoms with Gasteiger partial charge in [-0.2, -0.15) is 5.26 Å². The van der Waals surface area contributed by atoms with Crippen molar-refractivity contribution in [3.05, 3.63) is 65.7 Å². The van der Waals surface area contributed by atoms with Crippen molar-refractivity contribution in [3.8, 4) is 23.0 Å². The molecule has 1 N–H and O–H groups in total. The van der Waals surface area contributed by atoms with Crippen LogP contribution in [-0.2, 0) is 0 Å². The van der Waals surface area contributed by atoms with E-state index in [1.807, 2.05) is 28.9 Å². The van der Waals surface area contributed by atoms with Crippen LogP contribution in [0, 0.1) is 23.7 Å². The van der Waals surface area contributed by atoms with Crippen molar-refractivity contribution in [3.63, 3.8) is 0 Å². The molecule has 2 fully saturated rings. The fourth-order valence-electron chi connectivity index (χ4n) is 4.84. The molecular weight excluding hydrogens is 370 g/mol. The Bertz CT molecular complexity index is 1070. The van der Waals surface area contributed by atoms with E-state index in [1.165, 1.54) is 24.8 Å². The Morgan fingerprint density at radius 3 is 2.57 bits per heavy atom. The molecule has 3 heterocycles. The smallest absolute Gasteiger partial charge is 0.151 e. The second-order valence-corrected chi connectivity index (χ2v) is 8.78. The lowest BCUT2D eigenvalue weighted by atomic mass is 9.80. The van der Waals surface area contributed by atoms with Crippen molar-refractivity contribution in [1.82, 2.24) is 15.1 Å². The van der Waals surface area contributed by atoms with E-state index in [4.69, 9.17) is 10.4 Å². The van der Waals surface area contributed by atoms with Crippen molar-refractivity contribution in [2.75, 3.05) is 31.1 Å². The SMILES string of the molecule is Cc1ccc(-c2cc(N3CCC4(CCCNC4)C3)nn2-c2ccc(C#N)cc2)cc1. The maximum absolute atomic E-state index is 9.14. The molecule has 0 radical (unpaired) electrons. The van der Waals surface area contributed by atoms with Crippen LogP contribution in [0.4, 0.5) is 5.82 Å². The molecule has 0 amide bonds. The number of hydrogen-bond acceptors (Lipinski definition) is 4. The molecule has 3 aromatic rings. The van der Waals surface area contributed by atoms with Crippen molar-refractivity contribution >= 4 is 5.82 Å². The normalized spacial score (nSPS) is 21.1. The number of benzene rings is 2. The highest BCUT2D eigenvalue weighted by atomic mass is 15.4. The third-order valence-corrected chi connectivity index (χ3v) is 6.61. The molecule has 2 aliphatic rings. The van der Waals surface area contributed by atoms with Gasteiger partial charge >= 0.3 is 0 Å². The van der Waals surface area contributed by atoms with Crippen molar-refractivity contribution < 1.29 is 0 Å². The maximum atomic E-state index is 9.14. The molecule has 5 rings (SSSR count). The Morgan fingerprint density at radius 2 is 1.87 bits per heavy atom. The molecule has 1 aromatic heterocycles. The fraction of sp³-hybridized carbons (Fsp3) is 0.360. The summed E-state index contributed by atoms with van der Waals surface area (Å²) in [5, 5.41) is 17.8. The summed E-state index contributed by atoms with van der Waals surface area (Å²) in [5.74, 6) is 1.04. The van der Waals surface area contributed by atoms with Gasteiger partial charge in [0.25, 0.3) is 0 Å². The highest BCUT2D eigenvalue weighted by Gasteiger charge is 2.39. The van der Waals surface area contributed by atoms with Gasteiger partial charge in [-0.05, 0) is 57.0 Å². The quantitative estimate of drug-likeness (QED) is 0.716. The summed E-state index contributed by atoms with van der Waals surface area (Å²) in [4.78, 5) is 2.45. The van der Waals surface area contributed by atoms with Crippen LogP contribution in [0.3, 0.4) is 0 Å². The van der Waals surface area contributed by atoms with Crippen LogP contribution in [0.1, 0.15) is 30.4 Å². The Balaban J connectivity index is 1.53. The summed E-state index contributed by atoms with van der Waals surface area (Å²) in [5.41, 5.74) is 5.50. The van der Waals surface area contributed by atoms with E-state index >= 15 is 0 Å². The average molecular weight is 398 g/mol. The number of aryl methyl sites for hydroxylation is 1. The van der Waals surface area contributed by atoms with Gasteiger partial charge in [0.05, 0.1) is 23.0 Å². The van der Waals surface area contributed by atoms with E-state index < -0.39 is 0 Å². The zero-order valence-corrected chi connectivity index (χ0v) is 17.4. The van der Waals surface area contributed by atoms with E-state index in [0.29, 0.717) is 11.0 Å². The molecule has 2 saturated heterocycles. The van der Waals surface area contributed by atoms with Gasteiger partial charge in [0, 0.05) is 36.7 Å². The largest absolute Gasteiger partial charge is 0.354 e. The number of hydrogen-bond donors (Lipinski definition) is 1. The van der Waals surface area contributed by atoms with Crippen molar-refractivity contribution in [2.45, 2.75) is 26.2 Å². The van der Waals surface area contributed by atoms with E-state index in [1.54, 1.807) is 0 Å². The standard InChI is InChI=1S/C25H27N5/c1-19-3-7-21(8-4-19)23-15-24(28-30(23)22-9-5-20(16-26)6-10-22)29-14-12-25(18-29)11-2-13-27-17-25/h3-10,15,27H,2,11-14,17-18H2,1H3. The lowest BCUT2D eigenvalue weighted by Crippen LogP contribution is -2.41. The van der Waals surface area contributed by atoms with Crippen LogP contribution in [0.5, 0.6) is 0 Å². The van der Waals surface area contributed by atoms with Gasteiger partial charge < -0.3 is 10.2 Å². The molecule has 0 saturated carbocycles. The number of nitrogens with one attached hydrogen (secondary N) is 1. The van der Waals surface area contributed by atoms with E-state index in [2.05, 4.69) is 53.5 Å². The van der Waals surface area contributed by atoms with Crippen molar-refractivity contribution in [2.24, 2.45) is 5.41 Å². The number of piperidine rings is 1. The minimum Gasteiger partial charge on any atom is -0.354 e. The molecule has 5 nitrogen and oxygen atoms in total. The number of nitrogens with zero attached hydrogens (tertiary/aromatic N) is 4. The molecular formula is C25H27N5. The number of anilines is 1. The summed E-state index contributed by atoms with van der Waals surface area (Å²) < 4.78 is 2.02. The molecule has 2 aliphatic heterocycles. The molecule has 2 aromatic carbocycles. The van der Waals surface area contributed by atoms with Gasteiger partial charge in [0.2, 0.25) is 0 Å². The van der Waals surface area contributed by atoms with Gasteiger partial charge in [0.1, 0.15) is 0 Å². The summed E-state index contributed by atoms with van der Waals surface area (Å²) in [6.07, 6.45) is 3.80. The van der Waals surface area contributed by atoms with Gasteiger partial charge in [-0.3, -0.25) is 0 Å². The minimum atomic E-state index is 0.389. The summed E-state index contributed by atoms with van der Waals surface area (Å²) in [6.45, 7) is 6.49. The van der Waals surface area contributed by atoms with Gasteiger partial charge in [-0.15, -0.1) is 5.10 Å². The third kappa shape index (κ3) is 3.48.